The molecular formula is C13H15N3OS. The lowest BCUT2D eigenvalue weighted by Crippen LogP contribution is -2.14. The van der Waals surface area contributed by atoms with Gasteiger partial charge in [-0.15, -0.1) is 5.10 Å². The molecule has 3 rings (SSSR count). The second kappa shape index (κ2) is 5.04. The van der Waals surface area contributed by atoms with Crippen molar-refractivity contribution in [2.24, 2.45) is 0 Å². The summed E-state index contributed by atoms with van der Waals surface area (Å²) in [5.41, 5.74) is 1.10. The summed E-state index contributed by atoms with van der Waals surface area (Å²) < 4.78 is 5.73. The molecule has 2 aromatic rings. The van der Waals surface area contributed by atoms with Gasteiger partial charge in [0.15, 0.2) is 0 Å². The molecule has 1 fully saturated rings. The Kier molecular flexibility index (Phi) is 3.25. The molecular weight excluding hydrogens is 246 g/mol. The molecule has 1 aromatic heterocycles. The van der Waals surface area contributed by atoms with Crippen molar-refractivity contribution in [3.05, 3.63) is 34.8 Å². The van der Waals surface area contributed by atoms with Crippen molar-refractivity contribution in [3.63, 3.8) is 0 Å². The number of nitrogens with one attached hydrogen (secondary N) is 1. The van der Waals surface area contributed by atoms with Gasteiger partial charge in [-0.1, -0.05) is 34.6 Å². The summed E-state index contributed by atoms with van der Waals surface area (Å²) in [6, 6.07) is 8.60. The van der Waals surface area contributed by atoms with Gasteiger partial charge in [-0.2, -0.15) is 0 Å². The van der Waals surface area contributed by atoms with Crippen molar-refractivity contribution in [1.29, 1.82) is 0 Å². The van der Waals surface area contributed by atoms with E-state index in [1.54, 1.807) is 0 Å². The van der Waals surface area contributed by atoms with E-state index in [1.165, 1.54) is 24.2 Å². The van der Waals surface area contributed by atoms with E-state index in [1.807, 2.05) is 31.2 Å². The van der Waals surface area contributed by atoms with Crippen LogP contribution in [0.5, 0.6) is 10.9 Å². The first kappa shape index (κ1) is 11.6. The normalized spacial score (nSPS) is 14.7. The summed E-state index contributed by atoms with van der Waals surface area (Å²) in [6.07, 6.45) is 2.57. The fourth-order valence-corrected chi connectivity index (χ4v) is 2.29. The average Bonchev–Trinajstić information content (AvgIpc) is 3.10. The molecule has 1 N–H and O–H groups in total. The van der Waals surface area contributed by atoms with Gasteiger partial charge in [-0.05, 0) is 31.4 Å². The first-order valence-corrected chi connectivity index (χ1v) is 6.92. The Morgan fingerprint density at radius 3 is 2.94 bits per heavy atom. The Morgan fingerprint density at radius 2 is 2.17 bits per heavy atom. The minimum atomic E-state index is 0.608. The maximum absolute atomic E-state index is 5.73. The third-order valence-electron chi connectivity index (χ3n) is 2.86. The Balaban J connectivity index is 1.63. The molecule has 0 radical (unpaired) electrons. The molecule has 0 atom stereocenters. The van der Waals surface area contributed by atoms with Crippen LogP contribution in [0, 0.1) is 6.92 Å². The van der Waals surface area contributed by atoms with Gasteiger partial charge in [0.2, 0.25) is 0 Å². The quantitative estimate of drug-likeness (QED) is 0.899. The number of aryl methyl sites for hydroxylation is 1. The first-order chi connectivity index (χ1) is 8.81. The lowest BCUT2D eigenvalue weighted by Gasteiger charge is -2.03. The summed E-state index contributed by atoms with van der Waals surface area (Å²) in [5.74, 6) is 0.843. The van der Waals surface area contributed by atoms with Crippen molar-refractivity contribution in [2.45, 2.75) is 32.4 Å². The number of hydrogen-bond donors (Lipinski definition) is 1. The van der Waals surface area contributed by atoms with E-state index >= 15 is 0 Å². The fraction of sp³-hybridized carbons (Fsp3) is 0.385. The molecule has 4 nitrogen and oxygen atoms in total. The zero-order chi connectivity index (χ0) is 12.4. The highest BCUT2D eigenvalue weighted by Crippen LogP contribution is 2.27. The van der Waals surface area contributed by atoms with E-state index in [-0.39, 0.29) is 0 Å². The molecule has 0 amide bonds. The monoisotopic (exact) mass is 261 g/mol. The lowest BCUT2D eigenvalue weighted by molar-refractivity contribution is 0.469. The molecule has 94 valence electrons. The average molecular weight is 261 g/mol. The fourth-order valence-electron chi connectivity index (χ4n) is 1.63. The summed E-state index contributed by atoms with van der Waals surface area (Å²) >= 11 is 1.50. The molecule has 0 bridgehead atoms. The zero-order valence-electron chi connectivity index (χ0n) is 10.2. The molecule has 1 aromatic carbocycles. The number of benzene rings is 1. The Hall–Kier alpha value is -1.46. The summed E-state index contributed by atoms with van der Waals surface area (Å²) in [7, 11) is 0. The van der Waals surface area contributed by atoms with Crippen molar-refractivity contribution < 1.29 is 4.74 Å². The number of hydrogen-bond acceptors (Lipinski definition) is 5. The van der Waals surface area contributed by atoms with Crippen LogP contribution in [-0.4, -0.2) is 16.2 Å². The van der Waals surface area contributed by atoms with Crippen LogP contribution in [0.3, 0.4) is 0 Å². The second-order valence-corrected chi connectivity index (χ2v) is 5.51. The minimum absolute atomic E-state index is 0.608. The topological polar surface area (TPSA) is 47.0 Å². The molecule has 0 unspecified atom stereocenters. The maximum atomic E-state index is 5.73. The number of nitrogens with zero attached hydrogens (tertiary/aromatic N) is 2. The lowest BCUT2D eigenvalue weighted by atomic mass is 10.2. The highest BCUT2D eigenvalue weighted by Gasteiger charge is 2.20. The number of para-hydroxylation sites is 1. The maximum Gasteiger partial charge on any atom is 0.299 e. The van der Waals surface area contributed by atoms with Crippen LogP contribution >= 0.6 is 11.3 Å². The minimum Gasteiger partial charge on any atom is -0.430 e. The SMILES string of the molecule is Cc1ccccc1Oc1nnc(CNC2CC2)s1. The Morgan fingerprint density at radius 1 is 1.33 bits per heavy atom. The molecule has 1 aliphatic rings. The largest absolute Gasteiger partial charge is 0.430 e. The van der Waals surface area contributed by atoms with Gasteiger partial charge in [0, 0.05) is 6.04 Å². The van der Waals surface area contributed by atoms with Crippen molar-refractivity contribution in [1.82, 2.24) is 15.5 Å². The van der Waals surface area contributed by atoms with Gasteiger partial charge in [-0.3, -0.25) is 0 Å². The second-order valence-electron chi connectivity index (χ2n) is 4.48. The standard InChI is InChI=1S/C13H15N3OS/c1-9-4-2-3-5-11(9)17-13-16-15-12(18-13)8-14-10-6-7-10/h2-5,10,14H,6-8H2,1H3. The number of rotatable bonds is 5. The van der Waals surface area contributed by atoms with E-state index in [2.05, 4.69) is 15.5 Å². The van der Waals surface area contributed by atoms with E-state index < -0.39 is 0 Å². The molecule has 0 spiro atoms. The third kappa shape index (κ3) is 2.86. The highest BCUT2D eigenvalue weighted by atomic mass is 32.1. The van der Waals surface area contributed by atoms with Crippen LogP contribution in [0.15, 0.2) is 24.3 Å². The van der Waals surface area contributed by atoms with Gasteiger partial charge >= 0.3 is 0 Å². The van der Waals surface area contributed by atoms with Crippen molar-refractivity contribution in [2.75, 3.05) is 0 Å². The van der Waals surface area contributed by atoms with Crippen molar-refractivity contribution >= 4 is 11.3 Å². The van der Waals surface area contributed by atoms with Gasteiger partial charge in [0.1, 0.15) is 10.8 Å². The van der Waals surface area contributed by atoms with E-state index in [0.717, 1.165) is 22.9 Å². The molecule has 1 heterocycles. The molecule has 5 heteroatoms. The predicted molar refractivity (Wildman–Crippen MR) is 71.0 cm³/mol. The van der Waals surface area contributed by atoms with E-state index in [9.17, 15) is 0 Å². The summed E-state index contributed by atoms with van der Waals surface area (Å²) in [5, 5.41) is 13.2. The summed E-state index contributed by atoms with van der Waals surface area (Å²) in [4.78, 5) is 0. The van der Waals surface area contributed by atoms with Crippen LogP contribution < -0.4 is 10.1 Å². The van der Waals surface area contributed by atoms with Gasteiger partial charge in [0.25, 0.3) is 5.19 Å². The van der Waals surface area contributed by atoms with Gasteiger partial charge in [-0.25, -0.2) is 0 Å². The van der Waals surface area contributed by atoms with E-state index in [0.29, 0.717) is 11.2 Å². The summed E-state index contributed by atoms with van der Waals surface area (Å²) in [6.45, 7) is 2.81. The zero-order valence-corrected chi connectivity index (χ0v) is 11.0. The smallest absolute Gasteiger partial charge is 0.299 e. The first-order valence-electron chi connectivity index (χ1n) is 6.10. The van der Waals surface area contributed by atoms with Crippen LogP contribution in [0.2, 0.25) is 0 Å². The van der Waals surface area contributed by atoms with Crippen LogP contribution in [0.4, 0.5) is 0 Å². The van der Waals surface area contributed by atoms with Crippen LogP contribution in [0.25, 0.3) is 0 Å². The van der Waals surface area contributed by atoms with Crippen LogP contribution in [0.1, 0.15) is 23.4 Å². The van der Waals surface area contributed by atoms with Gasteiger partial charge in [0.05, 0.1) is 6.54 Å². The number of ether oxygens (including phenoxy) is 1. The van der Waals surface area contributed by atoms with Crippen molar-refractivity contribution in [3.8, 4) is 10.9 Å². The molecule has 0 saturated heterocycles. The molecule has 1 saturated carbocycles. The van der Waals surface area contributed by atoms with E-state index in [4.69, 9.17) is 4.74 Å². The molecule has 0 aliphatic heterocycles. The van der Waals surface area contributed by atoms with Gasteiger partial charge < -0.3 is 10.1 Å². The molecule has 18 heavy (non-hydrogen) atoms. The predicted octanol–water partition coefficient (Wildman–Crippen LogP) is 2.89. The highest BCUT2D eigenvalue weighted by molar-refractivity contribution is 7.13. The third-order valence-corrected chi connectivity index (χ3v) is 3.66. The molecule has 1 aliphatic carbocycles. The van der Waals surface area contributed by atoms with Crippen LogP contribution in [-0.2, 0) is 6.54 Å². The Labute approximate surface area is 110 Å². The Bertz CT molecular complexity index is 537. The number of aromatic nitrogens is 2.